The van der Waals surface area contributed by atoms with Gasteiger partial charge in [-0.05, 0) is 91.4 Å². The van der Waals surface area contributed by atoms with Crippen molar-refractivity contribution >= 4 is 29.7 Å². The number of hydrogen-bond donors (Lipinski definition) is 8. The third-order valence-electron chi connectivity index (χ3n) is 17.6. The number of carboxylic acids is 3. The van der Waals surface area contributed by atoms with E-state index in [-0.39, 0.29) is 24.0 Å². The summed E-state index contributed by atoms with van der Waals surface area (Å²) >= 11 is 0. The molecule has 0 aromatic carbocycles. The number of fused-ring (bicyclic) bond motifs is 7. The molecule has 0 amide bonds. The average molecular weight is 881 g/mol. The van der Waals surface area contributed by atoms with Crippen LogP contribution in [0.2, 0.25) is 0 Å². The lowest BCUT2D eigenvalue weighted by molar-refractivity contribution is -0.371. The van der Waals surface area contributed by atoms with Gasteiger partial charge in [-0.2, -0.15) is 0 Å². The lowest BCUT2D eigenvalue weighted by Gasteiger charge is -2.71. The van der Waals surface area contributed by atoms with Crippen LogP contribution in [0.3, 0.4) is 0 Å². The van der Waals surface area contributed by atoms with E-state index in [1.54, 1.807) is 13.0 Å². The number of carbonyl (C=O) groups is 5. The summed E-state index contributed by atoms with van der Waals surface area (Å²) in [6.45, 7) is 15.6. The molecular weight excluding hydrogens is 816 g/mol. The van der Waals surface area contributed by atoms with E-state index < -0.39 is 136 Å². The molecule has 0 radical (unpaired) electrons. The predicted molar refractivity (Wildman–Crippen MR) is 210 cm³/mol. The van der Waals surface area contributed by atoms with Crippen molar-refractivity contribution in [3.05, 3.63) is 11.6 Å². The number of aliphatic carboxylic acids is 3. The standard InChI is InChI=1S/C44H64O18/c1-18(45)58-24-17-40(4,38(56)57)16-20-19-15-21(46)33-42(6)11-10-23(39(2,3)22(42)9-12-44(33,8)43(19,7)14-13-41(20,24)5)59-37-32(28(50)27(49)31(61-37)35(54)55)62-36-29(51)25(47)26(48)30(60-36)34(52)53/h15,20,22-33,36-37,47-51H,9-14,16-17H2,1-8H3,(H,52,53)(H,54,55)(H,56,57)/t20-,22-,23-,24+,25-,26-,27-,28-,29+,30-,31-,32+,33+,36-,37+,40+,41+,42-,43+,44+/m0/s1. The quantitative estimate of drug-likeness (QED) is 0.127. The number of carbonyl (C=O) groups excluding carboxylic acids is 2. The Kier molecular flexibility index (Phi) is 11.8. The van der Waals surface area contributed by atoms with Gasteiger partial charge in [-0.3, -0.25) is 14.4 Å². The van der Waals surface area contributed by atoms with Crippen LogP contribution in [0.15, 0.2) is 11.6 Å². The summed E-state index contributed by atoms with van der Waals surface area (Å²) in [6.07, 6.45) is -15.5. The molecule has 2 aliphatic heterocycles. The Morgan fingerprint density at radius 3 is 1.85 bits per heavy atom. The number of aliphatic hydroxyl groups is 5. The largest absolute Gasteiger partial charge is 0.481 e. The van der Waals surface area contributed by atoms with Crippen molar-refractivity contribution < 1.29 is 88.5 Å². The van der Waals surface area contributed by atoms with Crippen LogP contribution < -0.4 is 0 Å². The van der Waals surface area contributed by atoms with Gasteiger partial charge < -0.3 is 64.5 Å². The summed E-state index contributed by atoms with van der Waals surface area (Å²) in [5.41, 5.74) is -3.24. The predicted octanol–water partition coefficient (Wildman–Crippen LogP) is 1.79. The van der Waals surface area contributed by atoms with Gasteiger partial charge in [0.15, 0.2) is 30.6 Å². The summed E-state index contributed by atoms with van der Waals surface area (Å²) in [7, 11) is 0. The number of aliphatic hydroxyl groups excluding tert-OH is 5. The molecule has 7 rings (SSSR count). The first kappa shape index (κ1) is 46.9. The van der Waals surface area contributed by atoms with Gasteiger partial charge in [-0.1, -0.05) is 47.1 Å². The monoisotopic (exact) mass is 880 g/mol. The maximum absolute atomic E-state index is 15.0. The molecule has 0 aromatic rings. The Balaban J connectivity index is 1.19. The van der Waals surface area contributed by atoms with Gasteiger partial charge in [-0.15, -0.1) is 0 Å². The highest BCUT2D eigenvalue weighted by Crippen LogP contribution is 2.75. The van der Waals surface area contributed by atoms with Crippen LogP contribution in [0.25, 0.3) is 0 Å². The van der Waals surface area contributed by atoms with Crippen LogP contribution in [0.5, 0.6) is 0 Å². The number of carboxylic acid groups (broad SMARTS) is 3. The Labute approximate surface area is 359 Å². The molecule has 18 nitrogen and oxygen atoms in total. The number of rotatable bonds is 8. The minimum Gasteiger partial charge on any atom is -0.481 e. The highest BCUT2D eigenvalue weighted by molar-refractivity contribution is 5.95. The zero-order valence-corrected chi connectivity index (χ0v) is 36.6. The van der Waals surface area contributed by atoms with Crippen LogP contribution >= 0.6 is 0 Å². The molecule has 0 bridgehead atoms. The minimum atomic E-state index is -2.07. The van der Waals surface area contributed by atoms with E-state index in [2.05, 4.69) is 27.7 Å². The van der Waals surface area contributed by atoms with Gasteiger partial charge >= 0.3 is 23.9 Å². The summed E-state index contributed by atoms with van der Waals surface area (Å²) in [6, 6.07) is 0. The molecule has 0 spiro atoms. The molecule has 62 heavy (non-hydrogen) atoms. The van der Waals surface area contributed by atoms with Crippen LogP contribution in [0, 0.1) is 50.2 Å². The molecule has 8 N–H and O–H groups in total. The van der Waals surface area contributed by atoms with E-state index in [0.29, 0.717) is 44.9 Å². The number of ketones is 1. The van der Waals surface area contributed by atoms with Crippen molar-refractivity contribution in [3.63, 3.8) is 0 Å². The molecule has 348 valence electrons. The van der Waals surface area contributed by atoms with E-state index in [0.717, 1.165) is 5.57 Å². The van der Waals surface area contributed by atoms with Gasteiger partial charge in [0, 0.05) is 24.7 Å². The summed E-state index contributed by atoms with van der Waals surface area (Å²) in [5, 5.41) is 83.4. The van der Waals surface area contributed by atoms with Crippen molar-refractivity contribution in [2.45, 2.75) is 180 Å². The van der Waals surface area contributed by atoms with Crippen molar-refractivity contribution in [1.82, 2.24) is 0 Å². The van der Waals surface area contributed by atoms with Gasteiger partial charge in [0.1, 0.15) is 42.7 Å². The highest BCUT2D eigenvalue weighted by atomic mass is 16.8. The second-order valence-corrected chi connectivity index (χ2v) is 21.3. The van der Waals surface area contributed by atoms with Gasteiger partial charge in [0.05, 0.1) is 11.5 Å². The lowest BCUT2D eigenvalue weighted by Crippen LogP contribution is -2.68. The summed E-state index contributed by atoms with van der Waals surface area (Å²) in [5.74, 6) is -5.74. The average Bonchev–Trinajstić information content (AvgIpc) is 3.16. The fourth-order valence-electron chi connectivity index (χ4n) is 13.8. The number of ether oxygens (including phenoxy) is 5. The second kappa shape index (κ2) is 15.5. The fraction of sp³-hybridized carbons (Fsp3) is 0.841. The third-order valence-corrected chi connectivity index (χ3v) is 17.6. The molecule has 0 aromatic heterocycles. The van der Waals surface area contributed by atoms with Crippen molar-refractivity contribution in [2.75, 3.05) is 0 Å². The molecule has 18 heteroatoms. The van der Waals surface area contributed by atoms with Crippen LogP contribution in [0.4, 0.5) is 0 Å². The van der Waals surface area contributed by atoms with E-state index in [4.69, 9.17) is 23.7 Å². The Morgan fingerprint density at radius 2 is 1.27 bits per heavy atom. The topological polar surface area (TPSA) is 293 Å². The summed E-state index contributed by atoms with van der Waals surface area (Å²) < 4.78 is 29.3. The van der Waals surface area contributed by atoms with Crippen LogP contribution in [-0.4, -0.2) is 144 Å². The first-order valence-electron chi connectivity index (χ1n) is 21.7. The molecule has 2 saturated heterocycles. The van der Waals surface area contributed by atoms with Crippen LogP contribution in [-0.2, 0) is 47.7 Å². The van der Waals surface area contributed by atoms with Crippen molar-refractivity contribution in [3.8, 4) is 0 Å². The van der Waals surface area contributed by atoms with Gasteiger partial charge in [0.25, 0.3) is 0 Å². The molecule has 0 unspecified atom stereocenters. The molecule has 6 fully saturated rings. The number of hydrogen-bond acceptors (Lipinski definition) is 15. The Bertz CT molecular complexity index is 1880. The number of esters is 1. The van der Waals surface area contributed by atoms with Gasteiger partial charge in [-0.25, -0.2) is 9.59 Å². The molecule has 4 saturated carbocycles. The minimum absolute atomic E-state index is 0.0401. The smallest absolute Gasteiger partial charge is 0.335 e. The fourth-order valence-corrected chi connectivity index (χ4v) is 13.8. The molecule has 2 heterocycles. The van der Waals surface area contributed by atoms with E-state index in [9.17, 15) is 60.0 Å². The lowest BCUT2D eigenvalue weighted by atomic mass is 9.33. The zero-order valence-electron chi connectivity index (χ0n) is 36.6. The first-order chi connectivity index (χ1) is 28.6. The molecule has 20 atom stereocenters. The van der Waals surface area contributed by atoms with E-state index in [1.165, 1.54) is 6.92 Å². The molecular formula is C44H64O18. The summed E-state index contributed by atoms with van der Waals surface area (Å²) in [4.78, 5) is 64.2. The second-order valence-electron chi connectivity index (χ2n) is 21.3. The molecule has 7 aliphatic rings. The van der Waals surface area contributed by atoms with Crippen molar-refractivity contribution in [1.29, 1.82) is 0 Å². The Hall–Kier alpha value is -3.07. The molecule has 5 aliphatic carbocycles. The Morgan fingerprint density at radius 1 is 0.677 bits per heavy atom. The van der Waals surface area contributed by atoms with Crippen molar-refractivity contribution in [2.24, 2.45) is 50.2 Å². The van der Waals surface area contributed by atoms with Crippen LogP contribution in [0.1, 0.15) is 107 Å². The number of allylic oxidation sites excluding steroid dienone is 2. The normalized spacial score (nSPS) is 51.0. The zero-order chi connectivity index (χ0) is 46.0. The SMILES string of the molecule is CC(=O)O[C@@H]1C[C@](C)(C(=O)O)C[C@H]2C3=CC(=O)[C@@H]4[C@@]5(C)CC[C@H](O[C@@H]6O[C@H](C(=O)O)[C@@H](O)[C@H](O)[C@H]6O[C@@H]6O[C@H](C(=O)O)[C@@H](O)[C@H](O)[C@H]6O)C(C)(C)[C@@H]5CC[C@@]4(C)[C@]3(C)CC[C@@]12C. The van der Waals surface area contributed by atoms with Gasteiger partial charge in [0.2, 0.25) is 0 Å². The maximum atomic E-state index is 15.0. The maximum Gasteiger partial charge on any atom is 0.335 e. The first-order valence-corrected chi connectivity index (χ1v) is 21.7. The van der Waals surface area contributed by atoms with E-state index >= 15 is 4.79 Å². The highest BCUT2D eigenvalue weighted by Gasteiger charge is 2.72. The van der Waals surface area contributed by atoms with E-state index in [1.807, 2.05) is 13.8 Å². The third kappa shape index (κ3) is 6.88.